The van der Waals surface area contributed by atoms with Crippen LogP contribution in [0, 0.1) is 0 Å². The molecule has 0 aliphatic carbocycles. The van der Waals surface area contributed by atoms with Crippen molar-refractivity contribution in [2.24, 2.45) is 0 Å². The third-order valence-corrected chi connectivity index (χ3v) is 1.80. The van der Waals surface area contributed by atoms with Gasteiger partial charge < -0.3 is 4.40 Å². The maximum absolute atomic E-state index is 11.0. The van der Waals surface area contributed by atoms with Crippen molar-refractivity contribution in [1.82, 2.24) is 9.38 Å². The van der Waals surface area contributed by atoms with Gasteiger partial charge in [-0.1, -0.05) is 13.8 Å². The van der Waals surface area contributed by atoms with Crippen molar-refractivity contribution >= 4 is 11.4 Å². The lowest BCUT2D eigenvalue weighted by Crippen LogP contribution is -1.93. The van der Waals surface area contributed by atoms with E-state index >= 15 is 0 Å². The molecule has 3 nitrogen and oxygen atoms in total. The highest BCUT2D eigenvalue weighted by atomic mass is 16.1. The van der Waals surface area contributed by atoms with Crippen LogP contribution in [0.4, 0.5) is 0 Å². The van der Waals surface area contributed by atoms with Crippen LogP contribution in [0.2, 0.25) is 0 Å². The van der Waals surface area contributed by atoms with Crippen molar-refractivity contribution in [3.05, 3.63) is 36.3 Å². The van der Waals surface area contributed by atoms with E-state index in [0.29, 0.717) is 5.56 Å². The van der Waals surface area contributed by atoms with Crippen LogP contribution in [0.15, 0.2) is 30.7 Å². The van der Waals surface area contributed by atoms with Crippen LogP contribution < -0.4 is 0 Å². The van der Waals surface area contributed by atoms with Gasteiger partial charge in [0.25, 0.3) is 0 Å². The van der Waals surface area contributed by atoms with Gasteiger partial charge in [-0.3, -0.25) is 4.79 Å². The SMILES string of the molecule is CC.CC(=O)c1ccn2ccnc2c1. The molecule has 0 spiro atoms. The third-order valence-electron chi connectivity index (χ3n) is 1.80. The zero-order valence-corrected chi connectivity index (χ0v) is 8.69. The first kappa shape index (κ1) is 10.4. The summed E-state index contributed by atoms with van der Waals surface area (Å²) in [4.78, 5) is 15.0. The van der Waals surface area contributed by atoms with Crippen molar-refractivity contribution < 1.29 is 4.79 Å². The Kier molecular flexibility index (Phi) is 3.40. The number of Topliss-reactive ketones (excluding diaryl/α,β-unsaturated/α-hetero) is 1. The van der Waals surface area contributed by atoms with E-state index < -0.39 is 0 Å². The average molecular weight is 190 g/mol. The molecule has 0 saturated heterocycles. The van der Waals surface area contributed by atoms with E-state index in [9.17, 15) is 4.79 Å². The first-order valence-electron chi connectivity index (χ1n) is 4.71. The van der Waals surface area contributed by atoms with Crippen LogP contribution in [0.3, 0.4) is 0 Å². The zero-order chi connectivity index (χ0) is 10.6. The summed E-state index contributed by atoms with van der Waals surface area (Å²) in [7, 11) is 0. The van der Waals surface area contributed by atoms with E-state index in [0.717, 1.165) is 5.65 Å². The number of nitrogens with zero attached hydrogens (tertiary/aromatic N) is 2. The maximum Gasteiger partial charge on any atom is 0.159 e. The minimum Gasteiger partial charge on any atom is -0.307 e. The van der Waals surface area contributed by atoms with Crippen LogP contribution in [-0.4, -0.2) is 15.2 Å². The van der Waals surface area contributed by atoms with Gasteiger partial charge in [0, 0.05) is 24.2 Å². The molecule has 74 valence electrons. The lowest BCUT2D eigenvalue weighted by molar-refractivity contribution is 0.101. The van der Waals surface area contributed by atoms with Crippen LogP contribution in [0.1, 0.15) is 31.1 Å². The Hall–Kier alpha value is -1.64. The van der Waals surface area contributed by atoms with E-state index in [4.69, 9.17) is 0 Å². The Morgan fingerprint density at radius 2 is 2.07 bits per heavy atom. The predicted octanol–water partition coefficient (Wildman–Crippen LogP) is 2.56. The molecule has 2 aromatic heterocycles. The van der Waals surface area contributed by atoms with Gasteiger partial charge >= 0.3 is 0 Å². The van der Waals surface area contributed by atoms with E-state index in [2.05, 4.69) is 4.98 Å². The van der Waals surface area contributed by atoms with E-state index in [1.54, 1.807) is 25.3 Å². The van der Waals surface area contributed by atoms with Crippen molar-refractivity contribution in [3.63, 3.8) is 0 Å². The van der Waals surface area contributed by atoms with Gasteiger partial charge in [-0.05, 0) is 19.1 Å². The molecular weight excluding hydrogens is 176 g/mol. The molecule has 0 amide bonds. The second-order valence-electron chi connectivity index (χ2n) is 2.66. The smallest absolute Gasteiger partial charge is 0.159 e. The Labute approximate surface area is 83.4 Å². The predicted molar refractivity (Wildman–Crippen MR) is 56.5 cm³/mol. The summed E-state index contributed by atoms with van der Waals surface area (Å²) in [5, 5.41) is 0. The van der Waals surface area contributed by atoms with Crippen LogP contribution in [-0.2, 0) is 0 Å². The molecule has 0 N–H and O–H groups in total. The lowest BCUT2D eigenvalue weighted by atomic mass is 10.2. The molecule has 0 aliphatic heterocycles. The number of carbonyl (C=O) groups excluding carboxylic acids is 1. The van der Waals surface area contributed by atoms with Gasteiger partial charge in [0.05, 0.1) is 0 Å². The molecule has 0 fully saturated rings. The quantitative estimate of drug-likeness (QED) is 0.648. The molecule has 0 aromatic carbocycles. The monoisotopic (exact) mass is 190 g/mol. The van der Waals surface area contributed by atoms with Gasteiger partial charge in [-0.25, -0.2) is 4.98 Å². The Morgan fingerprint density at radius 1 is 1.36 bits per heavy atom. The molecule has 2 rings (SSSR count). The molecule has 2 heterocycles. The highest BCUT2D eigenvalue weighted by molar-refractivity contribution is 5.94. The first-order chi connectivity index (χ1) is 6.77. The summed E-state index contributed by atoms with van der Waals surface area (Å²) in [6, 6.07) is 3.57. The molecule has 14 heavy (non-hydrogen) atoms. The summed E-state index contributed by atoms with van der Waals surface area (Å²) in [6.45, 7) is 5.55. The summed E-state index contributed by atoms with van der Waals surface area (Å²) in [5.41, 5.74) is 1.51. The van der Waals surface area contributed by atoms with E-state index in [-0.39, 0.29) is 5.78 Å². The average Bonchev–Trinajstić information content (AvgIpc) is 2.67. The molecule has 0 unspecified atom stereocenters. The molecule has 3 heteroatoms. The Balaban J connectivity index is 0.000000461. The molecule has 0 radical (unpaired) electrons. The van der Waals surface area contributed by atoms with Crippen molar-refractivity contribution in [3.8, 4) is 0 Å². The van der Waals surface area contributed by atoms with E-state index in [1.165, 1.54) is 0 Å². The molecule has 0 saturated carbocycles. The topological polar surface area (TPSA) is 34.4 Å². The van der Waals surface area contributed by atoms with Crippen molar-refractivity contribution in [2.45, 2.75) is 20.8 Å². The van der Waals surface area contributed by atoms with Crippen molar-refractivity contribution in [1.29, 1.82) is 0 Å². The fraction of sp³-hybridized carbons (Fsp3) is 0.273. The standard InChI is InChI=1S/C9H8N2O.C2H6/c1-7(12)8-2-4-11-5-3-10-9(11)6-8;1-2/h2-6H,1H3;1-2H3. The third kappa shape index (κ3) is 1.99. The number of hydrogen-bond acceptors (Lipinski definition) is 2. The van der Waals surface area contributed by atoms with E-state index in [1.807, 2.05) is 30.6 Å². The van der Waals surface area contributed by atoms with Gasteiger partial charge in [-0.2, -0.15) is 0 Å². The van der Waals surface area contributed by atoms with Gasteiger partial charge in [0.1, 0.15) is 5.65 Å². The largest absolute Gasteiger partial charge is 0.307 e. The fourth-order valence-corrected chi connectivity index (χ4v) is 1.13. The molecular formula is C11H14N2O. The fourth-order valence-electron chi connectivity index (χ4n) is 1.13. The number of aromatic nitrogens is 2. The summed E-state index contributed by atoms with van der Waals surface area (Å²) >= 11 is 0. The number of rotatable bonds is 1. The van der Waals surface area contributed by atoms with Gasteiger partial charge in [-0.15, -0.1) is 0 Å². The highest BCUT2D eigenvalue weighted by Crippen LogP contribution is 2.05. The molecule has 0 atom stereocenters. The van der Waals surface area contributed by atoms with Crippen LogP contribution in [0.5, 0.6) is 0 Å². The number of fused-ring (bicyclic) bond motifs is 1. The zero-order valence-electron chi connectivity index (χ0n) is 8.69. The summed E-state index contributed by atoms with van der Waals surface area (Å²) in [6.07, 6.45) is 5.39. The second kappa shape index (κ2) is 4.56. The molecule has 0 aliphatic rings. The first-order valence-corrected chi connectivity index (χ1v) is 4.71. The minimum atomic E-state index is 0.0699. The number of carbonyl (C=O) groups is 1. The Bertz CT molecular complexity index is 432. The minimum absolute atomic E-state index is 0.0699. The highest BCUT2D eigenvalue weighted by Gasteiger charge is 2.00. The molecule has 0 bridgehead atoms. The number of ketones is 1. The number of pyridine rings is 1. The normalized spacial score (nSPS) is 9.36. The summed E-state index contributed by atoms with van der Waals surface area (Å²) in [5.74, 6) is 0.0699. The van der Waals surface area contributed by atoms with Crippen LogP contribution >= 0.6 is 0 Å². The lowest BCUT2D eigenvalue weighted by Gasteiger charge is -1.95. The number of imidazole rings is 1. The second-order valence-corrected chi connectivity index (χ2v) is 2.66. The Morgan fingerprint density at radius 3 is 2.71 bits per heavy atom. The summed E-state index contributed by atoms with van der Waals surface area (Å²) < 4.78 is 1.87. The maximum atomic E-state index is 11.0. The van der Waals surface area contributed by atoms with Crippen LogP contribution in [0.25, 0.3) is 5.65 Å². The van der Waals surface area contributed by atoms with Gasteiger partial charge in [0.15, 0.2) is 5.78 Å². The number of hydrogen-bond donors (Lipinski definition) is 0. The van der Waals surface area contributed by atoms with Gasteiger partial charge in [0.2, 0.25) is 0 Å². The molecule has 2 aromatic rings. The van der Waals surface area contributed by atoms with Crippen molar-refractivity contribution in [2.75, 3.05) is 0 Å².